The van der Waals surface area contributed by atoms with Crippen molar-refractivity contribution in [1.82, 2.24) is 0 Å². The van der Waals surface area contributed by atoms with Crippen molar-refractivity contribution in [3.8, 4) is 16.9 Å². The van der Waals surface area contributed by atoms with E-state index < -0.39 is 0 Å². The molecule has 0 aliphatic heterocycles. The molecule has 0 aromatic heterocycles. The summed E-state index contributed by atoms with van der Waals surface area (Å²) in [5.41, 5.74) is 1.92. The largest absolute Gasteiger partial charge is 0.507 e. The molecule has 1 nitrogen and oxygen atoms in total. The van der Waals surface area contributed by atoms with Gasteiger partial charge < -0.3 is 5.11 Å². The van der Waals surface area contributed by atoms with Crippen molar-refractivity contribution in [1.29, 1.82) is 0 Å². The number of unbranched alkanes of at least 4 members (excludes halogenated alkanes) is 3. The zero-order valence-corrected chi connectivity index (χ0v) is 12.0. The minimum Gasteiger partial charge on any atom is -0.507 e. The summed E-state index contributed by atoms with van der Waals surface area (Å²) in [6.07, 6.45) is 5.54. The predicted octanol–water partition coefficient (Wildman–Crippen LogP) is 5.65. The minimum absolute atomic E-state index is 0.328. The third kappa shape index (κ3) is 5.60. The van der Waals surface area contributed by atoms with Crippen LogP contribution in [0.2, 0.25) is 0 Å². The van der Waals surface area contributed by atoms with Crippen LogP contribution in [-0.2, 0) is 0 Å². The molecule has 2 rings (SSSR count). The second kappa shape index (κ2) is 9.21. The van der Waals surface area contributed by atoms with E-state index in [0.717, 1.165) is 11.1 Å². The van der Waals surface area contributed by atoms with Crippen LogP contribution >= 0.6 is 0 Å². The summed E-state index contributed by atoms with van der Waals surface area (Å²) in [6.45, 7) is 4.46. The Balaban J connectivity index is 0.000000258. The molecule has 0 heterocycles. The molecule has 1 heteroatoms. The van der Waals surface area contributed by atoms with Crippen LogP contribution in [0.5, 0.6) is 5.75 Å². The fraction of sp³-hybridized carbons (Fsp3) is 0.333. The quantitative estimate of drug-likeness (QED) is 0.701. The van der Waals surface area contributed by atoms with Gasteiger partial charge in [-0.2, -0.15) is 0 Å². The minimum atomic E-state index is 0.328. The Morgan fingerprint density at radius 1 is 0.737 bits per heavy atom. The molecule has 102 valence electrons. The number of hydrogen-bond acceptors (Lipinski definition) is 1. The van der Waals surface area contributed by atoms with Gasteiger partial charge in [-0.25, -0.2) is 0 Å². The average Bonchev–Trinajstić information content (AvgIpc) is 2.47. The van der Waals surface area contributed by atoms with E-state index >= 15 is 0 Å². The number of aromatic hydroxyl groups is 1. The van der Waals surface area contributed by atoms with Crippen LogP contribution in [-0.4, -0.2) is 5.11 Å². The third-order valence-corrected chi connectivity index (χ3v) is 2.95. The zero-order chi connectivity index (χ0) is 13.9. The Bertz CT molecular complexity index is 444. The summed E-state index contributed by atoms with van der Waals surface area (Å²) in [5.74, 6) is 0.328. The maximum absolute atomic E-state index is 9.56. The Kier molecular flexibility index (Phi) is 7.41. The van der Waals surface area contributed by atoms with Crippen molar-refractivity contribution >= 4 is 0 Å². The summed E-state index contributed by atoms with van der Waals surface area (Å²) in [4.78, 5) is 0. The van der Waals surface area contributed by atoms with Gasteiger partial charge in [0, 0.05) is 5.56 Å². The number of hydrogen-bond donors (Lipinski definition) is 1. The lowest BCUT2D eigenvalue weighted by Crippen LogP contribution is -1.76. The number of benzene rings is 2. The number of phenols is 1. The van der Waals surface area contributed by atoms with Crippen molar-refractivity contribution in [3.05, 3.63) is 54.6 Å². The molecule has 19 heavy (non-hydrogen) atoms. The summed E-state index contributed by atoms with van der Waals surface area (Å²) < 4.78 is 0. The van der Waals surface area contributed by atoms with Gasteiger partial charge in [-0.3, -0.25) is 0 Å². The molecule has 0 aliphatic carbocycles. The average molecular weight is 256 g/mol. The lowest BCUT2D eigenvalue weighted by Gasteiger charge is -2.02. The Hall–Kier alpha value is -1.76. The molecule has 2 aromatic carbocycles. The molecule has 2 aromatic rings. The fourth-order valence-electron chi connectivity index (χ4n) is 1.84. The summed E-state index contributed by atoms with van der Waals surface area (Å²) in [7, 11) is 0. The zero-order valence-electron chi connectivity index (χ0n) is 12.0. The van der Waals surface area contributed by atoms with Gasteiger partial charge in [0.05, 0.1) is 0 Å². The van der Waals surface area contributed by atoms with Crippen LogP contribution in [0.25, 0.3) is 11.1 Å². The van der Waals surface area contributed by atoms with Crippen LogP contribution in [0.3, 0.4) is 0 Å². The van der Waals surface area contributed by atoms with E-state index in [1.54, 1.807) is 6.07 Å². The van der Waals surface area contributed by atoms with Crippen LogP contribution in [0, 0.1) is 0 Å². The third-order valence-electron chi connectivity index (χ3n) is 2.95. The maximum Gasteiger partial charge on any atom is 0.123 e. The summed E-state index contributed by atoms with van der Waals surface area (Å²) in [6, 6.07) is 17.2. The molecule has 0 saturated heterocycles. The normalized spacial score (nSPS) is 9.58. The van der Waals surface area contributed by atoms with Gasteiger partial charge in [0.2, 0.25) is 0 Å². The molecule has 0 bridgehead atoms. The van der Waals surface area contributed by atoms with E-state index in [0.29, 0.717) is 5.75 Å². The van der Waals surface area contributed by atoms with Crippen molar-refractivity contribution in [2.45, 2.75) is 39.5 Å². The SMILES string of the molecule is CCCCCC.Oc1ccccc1-c1ccccc1. The number of para-hydroxylation sites is 1. The lowest BCUT2D eigenvalue weighted by molar-refractivity contribution is 0.477. The number of phenolic OH excluding ortho intramolecular Hbond substituents is 1. The highest BCUT2D eigenvalue weighted by molar-refractivity contribution is 5.69. The standard InChI is InChI=1S/C12H10O.C6H14/c13-12-9-5-4-8-11(12)10-6-2-1-3-7-10;1-3-5-6-4-2/h1-9,13H;3-6H2,1-2H3. The molecule has 1 N–H and O–H groups in total. The van der Waals surface area contributed by atoms with E-state index in [4.69, 9.17) is 0 Å². The molecule has 0 fully saturated rings. The van der Waals surface area contributed by atoms with Crippen molar-refractivity contribution in [2.24, 2.45) is 0 Å². The molecular formula is C18H24O. The fourth-order valence-corrected chi connectivity index (χ4v) is 1.84. The van der Waals surface area contributed by atoms with Gasteiger partial charge in [0.25, 0.3) is 0 Å². The molecule has 0 saturated carbocycles. The van der Waals surface area contributed by atoms with Crippen LogP contribution in [0.15, 0.2) is 54.6 Å². The van der Waals surface area contributed by atoms with E-state index in [-0.39, 0.29) is 0 Å². The van der Waals surface area contributed by atoms with E-state index in [1.165, 1.54) is 25.7 Å². The van der Waals surface area contributed by atoms with Gasteiger partial charge in [-0.1, -0.05) is 88.1 Å². The molecule has 0 unspecified atom stereocenters. The van der Waals surface area contributed by atoms with E-state index in [2.05, 4.69) is 13.8 Å². The molecule has 0 spiro atoms. The highest BCUT2D eigenvalue weighted by atomic mass is 16.3. The van der Waals surface area contributed by atoms with Gasteiger partial charge in [0.15, 0.2) is 0 Å². The van der Waals surface area contributed by atoms with Crippen molar-refractivity contribution in [2.75, 3.05) is 0 Å². The summed E-state index contributed by atoms with van der Waals surface area (Å²) in [5, 5.41) is 9.56. The second-order valence-electron chi connectivity index (χ2n) is 4.59. The summed E-state index contributed by atoms with van der Waals surface area (Å²) >= 11 is 0. The highest BCUT2D eigenvalue weighted by Gasteiger charge is 2.00. The lowest BCUT2D eigenvalue weighted by atomic mass is 10.1. The van der Waals surface area contributed by atoms with Gasteiger partial charge >= 0.3 is 0 Å². The molecule has 0 radical (unpaired) electrons. The Morgan fingerprint density at radius 3 is 1.79 bits per heavy atom. The van der Waals surface area contributed by atoms with Gasteiger partial charge in [0.1, 0.15) is 5.75 Å². The van der Waals surface area contributed by atoms with Crippen LogP contribution in [0.4, 0.5) is 0 Å². The Morgan fingerprint density at radius 2 is 1.26 bits per heavy atom. The highest BCUT2D eigenvalue weighted by Crippen LogP contribution is 2.27. The van der Waals surface area contributed by atoms with E-state index in [1.807, 2.05) is 48.5 Å². The number of rotatable bonds is 4. The van der Waals surface area contributed by atoms with E-state index in [9.17, 15) is 5.11 Å². The Labute approximate surface area is 116 Å². The first-order valence-electron chi connectivity index (χ1n) is 7.13. The maximum atomic E-state index is 9.56. The first kappa shape index (κ1) is 15.3. The second-order valence-corrected chi connectivity index (χ2v) is 4.59. The molecule has 0 amide bonds. The molecule has 0 atom stereocenters. The van der Waals surface area contributed by atoms with Crippen LogP contribution < -0.4 is 0 Å². The van der Waals surface area contributed by atoms with Crippen molar-refractivity contribution in [3.63, 3.8) is 0 Å². The van der Waals surface area contributed by atoms with Crippen LogP contribution in [0.1, 0.15) is 39.5 Å². The first-order chi connectivity index (χ1) is 9.29. The molecular weight excluding hydrogens is 232 g/mol. The predicted molar refractivity (Wildman–Crippen MR) is 83.4 cm³/mol. The van der Waals surface area contributed by atoms with Gasteiger partial charge in [-0.15, -0.1) is 0 Å². The topological polar surface area (TPSA) is 20.2 Å². The first-order valence-corrected chi connectivity index (χ1v) is 7.13. The van der Waals surface area contributed by atoms with Gasteiger partial charge in [-0.05, 0) is 11.6 Å². The monoisotopic (exact) mass is 256 g/mol. The molecule has 0 aliphatic rings. The van der Waals surface area contributed by atoms with Crippen molar-refractivity contribution < 1.29 is 5.11 Å². The smallest absolute Gasteiger partial charge is 0.123 e.